The SMILES string of the molecule is NC(=O)C1CCCCN1CC(=O)N1CCOC(c2ccc(F)cc2)C1. The number of halogens is 1. The lowest BCUT2D eigenvalue weighted by Crippen LogP contribution is -2.53. The van der Waals surface area contributed by atoms with E-state index >= 15 is 0 Å². The highest BCUT2D eigenvalue weighted by molar-refractivity contribution is 5.82. The molecule has 0 saturated carbocycles. The molecule has 1 aromatic carbocycles. The first kappa shape index (κ1) is 17.8. The van der Waals surface area contributed by atoms with Crippen molar-refractivity contribution in [2.75, 3.05) is 32.8 Å². The zero-order chi connectivity index (χ0) is 17.8. The highest BCUT2D eigenvalue weighted by Gasteiger charge is 2.31. The molecule has 0 aromatic heterocycles. The first-order valence-electron chi connectivity index (χ1n) is 8.73. The van der Waals surface area contributed by atoms with Crippen LogP contribution in [0, 0.1) is 5.82 Å². The highest BCUT2D eigenvalue weighted by Crippen LogP contribution is 2.23. The summed E-state index contributed by atoms with van der Waals surface area (Å²) in [6, 6.07) is 5.80. The summed E-state index contributed by atoms with van der Waals surface area (Å²) in [4.78, 5) is 27.9. The third-order valence-electron chi connectivity index (χ3n) is 4.94. The third kappa shape index (κ3) is 4.35. The molecule has 2 aliphatic rings. The standard InChI is InChI=1S/C18H24FN3O3/c19-14-6-4-13(5-7-14)16-11-22(9-10-25-16)17(23)12-21-8-2-1-3-15(21)18(20)24/h4-7,15-16H,1-3,8-12H2,(H2,20,24). The molecule has 2 heterocycles. The lowest BCUT2D eigenvalue weighted by Gasteiger charge is -2.37. The summed E-state index contributed by atoms with van der Waals surface area (Å²) in [5, 5.41) is 0. The number of ether oxygens (including phenoxy) is 1. The van der Waals surface area contributed by atoms with E-state index in [4.69, 9.17) is 10.5 Å². The Hall–Kier alpha value is -1.99. The van der Waals surface area contributed by atoms with Gasteiger partial charge in [-0.2, -0.15) is 0 Å². The molecule has 0 aliphatic carbocycles. The molecule has 0 spiro atoms. The summed E-state index contributed by atoms with van der Waals surface area (Å²) in [6.45, 7) is 2.30. The smallest absolute Gasteiger partial charge is 0.236 e. The van der Waals surface area contributed by atoms with Crippen molar-refractivity contribution < 1.29 is 18.7 Å². The fourth-order valence-electron chi connectivity index (χ4n) is 3.53. The number of likely N-dealkylation sites (tertiary alicyclic amines) is 1. The predicted molar refractivity (Wildman–Crippen MR) is 90.1 cm³/mol. The Morgan fingerprint density at radius 1 is 1.20 bits per heavy atom. The normalized spacial score (nSPS) is 24.9. The van der Waals surface area contributed by atoms with Crippen molar-refractivity contribution in [2.45, 2.75) is 31.4 Å². The van der Waals surface area contributed by atoms with E-state index in [1.54, 1.807) is 17.0 Å². The number of carbonyl (C=O) groups is 2. The van der Waals surface area contributed by atoms with E-state index in [0.29, 0.717) is 32.7 Å². The maximum Gasteiger partial charge on any atom is 0.236 e. The van der Waals surface area contributed by atoms with Gasteiger partial charge in [-0.25, -0.2) is 4.39 Å². The highest BCUT2D eigenvalue weighted by atomic mass is 19.1. The lowest BCUT2D eigenvalue weighted by atomic mass is 10.0. The molecule has 2 saturated heterocycles. The molecule has 2 N–H and O–H groups in total. The number of rotatable bonds is 4. The molecule has 2 atom stereocenters. The molecule has 1 aromatic rings. The molecule has 2 aliphatic heterocycles. The van der Waals surface area contributed by atoms with E-state index in [2.05, 4.69) is 0 Å². The van der Waals surface area contributed by atoms with Gasteiger partial charge in [0.2, 0.25) is 11.8 Å². The lowest BCUT2D eigenvalue weighted by molar-refractivity contribution is -0.142. The second-order valence-corrected chi connectivity index (χ2v) is 6.64. The molecule has 2 fully saturated rings. The maximum atomic E-state index is 13.1. The largest absolute Gasteiger partial charge is 0.370 e. The Kier molecular flexibility index (Phi) is 5.65. The van der Waals surface area contributed by atoms with Crippen LogP contribution in [0.3, 0.4) is 0 Å². The van der Waals surface area contributed by atoms with Crippen LogP contribution in [0.5, 0.6) is 0 Å². The summed E-state index contributed by atoms with van der Waals surface area (Å²) in [5.41, 5.74) is 6.32. The van der Waals surface area contributed by atoms with Gasteiger partial charge in [0.15, 0.2) is 0 Å². The van der Waals surface area contributed by atoms with Gasteiger partial charge in [-0.15, -0.1) is 0 Å². The zero-order valence-corrected chi connectivity index (χ0v) is 14.2. The quantitative estimate of drug-likeness (QED) is 0.882. The Morgan fingerprint density at radius 3 is 2.68 bits per heavy atom. The number of primary amides is 1. The van der Waals surface area contributed by atoms with E-state index in [1.807, 2.05) is 4.90 Å². The van der Waals surface area contributed by atoms with Crippen LogP contribution in [0.25, 0.3) is 0 Å². The second kappa shape index (κ2) is 7.93. The zero-order valence-electron chi connectivity index (χ0n) is 14.2. The van der Waals surface area contributed by atoms with E-state index in [0.717, 1.165) is 18.4 Å². The number of piperidine rings is 1. The monoisotopic (exact) mass is 349 g/mol. The Bertz CT molecular complexity index is 622. The summed E-state index contributed by atoms with van der Waals surface area (Å²) < 4.78 is 18.8. The molecular weight excluding hydrogens is 325 g/mol. The van der Waals surface area contributed by atoms with Gasteiger partial charge < -0.3 is 15.4 Å². The fraction of sp³-hybridized carbons (Fsp3) is 0.556. The molecule has 7 heteroatoms. The van der Waals surface area contributed by atoms with Gasteiger partial charge in [-0.1, -0.05) is 18.6 Å². The number of amides is 2. The van der Waals surface area contributed by atoms with Gasteiger partial charge >= 0.3 is 0 Å². The first-order chi connectivity index (χ1) is 12.0. The average Bonchev–Trinajstić information content (AvgIpc) is 2.62. The maximum absolute atomic E-state index is 13.1. The average molecular weight is 349 g/mol. The topological polar surface area (TPSA) is 75.9 Å². The van der Waals surface area contributed by atoms with Gasteiger partial charge in [0.25, 0.3) is 0 Å². The second-order valence-electron chi connectivity index (χ2n) is 6.64. The molecular formula is C18H24FN3O3. The minimum absolute atomic E-state index is 0.0245. The molecule has 3 rings (SSSR count). The Morgan fingerprint density at radius 2 is 1.96 bits per heavy atom. The van der Waals surface area contributed by atoms with Gasteiger partial charge in [0, 0.05) is 6.54 Å². The van der Waals surface area contributed by atoms with Crippen molar-refractivity contribution in [3.8, 4) is 0 Å². The van der Waals surface area contributed by atoms with Gasteiger partial charge in [0.05, 0.1) is 25.7 Å². The van der Waals surface area contributed by atoms with E-state index in [1.165, 1.54) is 12.1 Å². The summed E-state index contributed by atoms with van der Waals surface area (Å²) >= 11 is 0. The number of benzene rings is 1. The van der Waals surface area contributed by atoms with Crippen LogP contribution in [0.4, 0.5) is 4.39 Å². The van der Waals surface area contributed by atoms with Crippen LogP contribution in [0.1, 0.15) is 30.9 Å². The first-order valence-corrected chi connectivity index (χ1v) is 8.73. The van der Waals surface area contributed by atoms with E-state index < -0.39 is 0 Å². The van der Waals surface area contributed by atoms with E-state index in [9.17, 15) is 14.0 Å². The van der Waals surface area contributed by atoms with Crippen molar-refractivity contribution in [3.05, 3.63) is 35.6 Å². The molecule has 2 amide bonds. The molecule has 25 heavy (non-hydrogen) atoms. The third-order valence-corrected chi connectivity index (χ3v) is 4.94. The number of hydrogen-bond acceptors (Lipinski definition) is 4. The number of hydrogen-bond donors (Lipinski definition) is 1. The molecule has 2 unspecified atom stereocenters. The van der Waals surface area contributed by atoms with Crippen LogP contribution in [-0.4, -0.2) is 60.4 Å². The summed E-state index contributed by atoms with van der Waals surface area (Å²) in [5.74, 6) is -0.683. The number of carbonyl (C=O) groups excluding carboxylic acids is 2. The van der Waals surface area contributed by atoms with Crippen molar-refractivity contribution >= 4 is 11.8 Å². The fourth-order valence-corrected chi connectivity index (χ4v) is 3.53. The Labute approximate surface area is 146 Å². The minimum atomic E-state index is -0.362. The minimum Gasteiger partial charge on any atom is -0.370 e. The number of nitrogens with zero attached hydrogens (tertiary/aromatic N) is 2. The van der Waals surface area contributed by atoms with Crippen LogP contribution >= 0.6 is 0 Å². The summed E-state index contributed by atoms with van der Waals surface area (Å²) in [7, 11) is 0. The summed E-state index contributed by atoms with van der Waals surface area (Å²) in [6.07, 6.45) is 2.39. The van der Waals surface area contributed by atoms with Gasteiger partial charge in [0.1, 0.15) is 11.9 Å². The van der Waals surface area contributed by atoms with Crippen molar-refractivity contribution in [1.29, 1.82) is 0 Å². The number of nitrogens with two attached hydrogens (primary N) is 1. The van der Waals surface area contributed by atoms with Crippen LogP contribution in [0.15, 0.2) is 24.3 Å². The van der Waals surface area contributed by atoms with Crippen LogP contribution in [0.2, 0.25) is 0 Å². The van der Waals surface area contributed by atoms with Crippen LogP contribution in [-0.2, 0) is 14.3 Å². The predicted octanol–water partition coefficient (Wildman–Crippen LogP) is 1.07. The van der Waals surface area contributed by atoms with E-state index in [-0.39, 0.29) is 36.3 Å². The van der Waals surface area contributed by atoms with Gasteiger partial charge in [-0.3, -0.25) is 14.5 Å². The van der Waals surface area contributed by atoms with Gasteiger partial charge in [-0.05, 0) is 37.1 Å². The molecule has 136 valence electrons. The van der Waals surface area contributed by atoms with Crippen molar-refractivity contribution in [2.24, 2.45) is 5.73 Å². The van der Waals surface area contributed by atoms with Crippen molar-refractivity contribution in [1.82, 2.24) is 9.80 Å². The molecule has 6 nitrogen and oxygen atoms in total. The Balaban J connectivity index is 1.61. The molecule has 0 bridgehead atoms. The molecule has 0 radical (unpaired) electrons. The van der Waals surface area contributed by atoms with Crippen molar-refractivity contribution in [3.63, 3.8) is 0 Å². The van der Waals surface area contributed by atoms with Crippen LogP contribution < -0.4 is 5.73 Å². The number of morpholine rings is 1.